The van der Waals surface area contributed by atoms with E-state index in [1.807, 2.05) is 20.8 Å². The zero-order chi connectivity index (χ0) is 18.9. The van der Waals surface area contributed by atoms with Crippen molar-refractivity contribution >= 4 is 11.7 Å². The summed E-state index contributed by atoms with van der Waals surface area (Å²) in [6, 6.07) is 3.13. The fourth-order valence-electron chi connectivity index (χ4n) is 2.26. The van der Waals surface area contributed by atoms with Gasteiger partial charge in [-0.25, -0.2) is 9.97 Å². The monoisotopic (exact) mass is 353 g/mol. The van der Waals surface area contributed by atoms with Gasteiger partial charge in [-0.05, 0) is 6.92 Å². The van der Waals surface area contributed by atoms with Gasteiger partial charge in [0, 0.05) is 35.6 Å². The van der Waals surface area contributed by atoms with Crippen molar-refractivity contribution in [3.05, 3.63) is 58.2 Å². The van der Waals surface area contributed by atoms with Crippen LogP contribution in [0.4, 0.5) is 5.82 Å². The number of hydrogen-bond donors (Lipinski definition) is 2. The van der Waals surface area contributed by atoms with Gasteiger partial charge in [0.1, 0.15) is 11.5 Å². The number of carbonyl (C=O) groups is 1. The van der Waals surface area contributed by atoms with E-state index in [1.54, 1.807) is 13.0 Å². The highest BCUT2D eigenvalue weighted by atomic mass is 16.2. The lowest BCUT2D eigenvalue weighted by atomic mass is 9.92. The first-order chi connectivity index (χ1) is 12.2. The molecule has 0 saturated heterocycles. The maximum atomic E-state index is 12.4. The summed E-state index contributed by atoms with van der Waals surface area (Å²) < 4.78 is 1.41. The average molecular weight is 353 g/mol. The quantitative estimate of drug-likeness (QED) is 0.738. The molecule has 0 spiro atoms. The standard InChI is InChI=1S/C17H19N7O2/c1-10-7-14(25)22-16(20-10)24-13(8-12(23-24)17(2,3)4)21-15(26)11-9-18-5-6-19-11/h5-9H,1-4H3,(H,21,26)(H,20,22,25). The molecule has 0 bridgehead atoms. The SMILES string of the molecule is Cc1cc(=O)[nH]c(-n2nc(C(C)(C)C)cc2NC(=O)c2cnccn2)n1. The molecule has 0 aliphatic carbocycles. The van der Waals surface area contributed by atoms with Crippen molar-refractivity contribution in [3.63, 3.8) is 0 Å². The van der Waals surface area contributed by atoms with Gasteiger partial charge in [-0.15, -0.1) is 0 Å². The molecule has 3 aromatic heterocycles. The number of aryl methyl sites for hydroxylation is 1. The minimum Gasteiger partial charge on any atom is -0.305 e. The summed E-state index contributed by atoms with van der Waals surface area (Å²) in [6.07, 6.45) is 4.29. The van der Waals surface area contributed by atoms with Crippen LogP contribution in [0, 0.1) is 6.92 Å². The predicted octanol–water partition coefficient (Wildman–Crippen LogP) is 1.60. The first-order valence-electron chi connectivity index (χ1n) is 8.00. The Balaban J connectivity index is 2.07. The Hall–Kier alpha value is -3.36. The second-order valence-corrected chi connectivity index (χ2v) is 6.83. The van der Waals surface area contributed by atoms with Crippen molar-refractivity contribution in [2.45, 2.75) is 33.1 Å². The summed E-state index contributed by atoms with van der Waals surface area (Å²) in [6.45, 7) is 7.71. The fourth-order valence-corrected chi connectivity index (χ4v) is 2.26. The number of H-pyrrole nitrogens is 1. The van der Waals surface area contributed by atoms with Gasteiger partial charge in [0.05, 0.1) is 11.9 Å². The molecule has 134 valence electrons. The molecule has 0 atom stereocenters. The van der Waals surface area contributed by atoms with E-state index in [9.17, 15) is 9.59 Å². The summed E-state index contributed by atoms with van der Waals surface area (Å²) in [5.74, 6) is 0.161. The number of nitrogens with one attached hydrogen (secondary N) is 2. The number of nitrogens with zero attached hydrogens (tertiary/aromatic N) is 5. The van der Waals surface area contributed by atoms with E-state index >= 15 is 0 Å². The van der Waals surface area contributed by atoms with Gasteiger partial charge in [0.2, 0.25) is 5.95 Å². The molecule has 2 N–H and O–H groups in total. The van der Waals surface area contributed by atoms with Gasteiger partial charge < -0.3 is 5.32 Å². The molecule has 1 amide bonds. The van der Waals surface area contributed by atoms with Crippen LogP contribution in [0.15, 0.2) is 35.5 Å². The largest absolute Gasteiger partial charge is 0.305 e. The van der Waals surface area contributed by atoms with Crippen molar-refractivity contribution in [3.8, 4) is 5.95 Å². The third-order valence-corrected chi connectivity index (χ3v) is 3.57. The van der Waals surface area contributed by atoms with Crippen LogP contribution < -0.4 is 10.9 Å². The van der Waals surface area contributed by atoms with Gasteiger partial charge in [0.25, 0.3) is 11.5 Å². The fraction of sp³-hybridized carbons (Fsp3) is 0.294. The molecule has 9 heteroatoms. The normalized spacial score (nSPS) is 11.4. The molecule has 26 heavy (non-hydrogen) atoms. The third kappa shape index (κ3) is 3.66. The Morgan fingerprint density at radius 2 is 2.00 bits per heavy atom. The maximum absolute atomic E-state index is 12.4. The van der Waals surface area contributed by atoms with Crippen LogP contribution in [-0.2, 0) is 5.41 Å². The lowest BCUT2D eigenvalue weighted by Gasteiger charge is -2.13. The van der Waals surface area contributed by atoms with Crippen molar-refractivity contribution < 1.29 is 4.79 Å². The predicted molar refractivity (Wildman–Crippen MR) is 95.4 cm³/mol. The number of aromatic nitrogens is 6. The number of aromatic amines is 1. The molecule has 0 aliphatic heterocycles. The van der Waals surface area contributed by atoms with E-state index < -0.39 is 5.91 Å². The number of rotatable bonds is 3. The molecule has 0 aliphatic rings. The summed E-state index contributed by atoms with van der Waals surface area (Å²) in [4.78, 5) is 39.1. The molecular weight excluding hydrogens is 334 g/mol. The number of anilines is 1. The third-order valence-electron chi connectivity index (χ3n) is 3.57. The highest BCUT2D eigenvalue weighted by molar-refractivity contribution is 6.02. The second kappa shape index (κ2) is 6.51. The highest BCUT2D eigenvalue weighted by Crippen LogP contribution is 2.25. The minimum atomic E-state index is -0.435. The minimum absolute atomic E-state index is 0.170. The topological polar surface area (TPSA) is 118 Å². The Kier molecular flexibility index (Phi) is 4.37. The summed E-state index contributed by atoms with van der Waals surface area (Å²) in [5, 5.41) is 7.27. The van der Waals surface area contributed by atoms with E-state index in [2.05, 4.69) is 30.4 Å². The molecule has 0 aromatic carbocycles. The van der Waals surface area contributed by atoms with Crippen LogP contribution >= 0.6 is 0 Å². The summed E-state index contributed by atoms with van der Waals surface area (Å²) in [7, 11) is 0. The first kappa shape index (κ1) is 17.5. The molecule has 3 rings (SSSR count). The van der Waals surface area contributed by atoms with Gasteiger partial charge in [-0.2, -0.15) is 9.78 Å². The maximum Gasteiger partial charge on any atom is 0.277 e. The number of carbonyl (C=O) groups excluding carboxylic acids is 1. The van der Waals surface area contributed by atoms with Crippen molar-refractivity contribution in [1.82, 2.24) is 29.7 Å². The van der Waals surface area contributed by atoms with E-state index in [0.29, 0.717) is 11.5 Å². The van der Waals surface area contributed by atoms with Gasteiger partial charge in [0.15, 0.2) is 0 Å². The van der Waals surface area contributed by atoms with E-state index in [-0.39, 0.29) is 22.6 Å². The smallest absolute Gasteiger partial charge is 0.277 e. The van der Waals surface area contributed by atoms with Gasteiger partial charge in [-0.1, -0.05) is 20.8 Å². The second-order valence-electron chi connectivity index (χ2n) is 6.83. The van der Waals surface area contributed by atoms with Crippen LogP contribution in [0.5, 0.6) is 0 Å². The Labute approximate surface area is 149 Å². The first-order valence-corrected chi connectivity index (χ1v) is 8.00. The van der Waals surface area contributed by atoms with Crippen LogP contribution in [0.2, 0.25) is 0 Å². The van der Waals surface area contributed by atoms with Crippen LogP contribution in [-0.4, -0.2) is 35.6 Å². The molecule has 0 fully saturated rings. The van der Waals surface area contributed by atoms with Crippen LogP contribution in [0.25, 0.3) is 5.95 Å². The lowest BCUT2D eigenvalue weighted by molar-refractivity contribution is 0.102. The molecule has 0 radical (unpaired) electrons. The van der Waals surface area contributed by atoms with Crippen molar-refractivity contribution in [1.29, 1.82) is 0 Å². The molecule has 3 aromatic rings. The summed E-state index contributed by atoms with van der Waals surface area (Å²) in [5.41, 5.74) is 0.884. The Morgan fingerprint density at radius 1 is 1.23 bits per heavy atom. The Bertz CT molecular complexity index is 1000. The van der Waals surface area contributed by atoms with Gasteiger partial charge in [-0.3, -0.25) is 19.6 Å². The Morgan fingerprint density at radius 3 is 2.62 bits per heavy atom. The summed E-state index contributed by atoms with van der Waals surface area (Å²) >= 11 is 0. The van der Waals surface area contributed by atoms with Gasteiger partial charge >= 0.3 is 0 Å². The number of hydrogen-bond acceptors (Lipinski definition) is 6. The van der Waals surface area contributed by atoms with Crippen LogP contribution in [0.3, 0.4) is 0 Å². The molecular formula is C17H19N7O2. The lowest BCUT2D eigenvalue weighted by Crippen LogP contribution is -2.19. The zero-order valence-corrected chi connectivity index (χ0v) is 14.9. The van der Waals surface area contributed by atoms with E-state index in [0.717, 1.165) is 5.69 Å². The van der Waals surface area contributed by atoms with E-state index in [1.165, 1.54) is 29.3 Å². The van der Waals surface area contributed by atoms with Crippen LogP contribution in [0.1, 0.15) is 42.6 Å². The zero-order valence-electron chi connectivity index (χ0n) is 14.9. The highest BCUT2D eigenvalue weighted by Gasteiger charge is 2.23. The number of amides is 1. The molecule has 0 unspecified atom stereocenters. The van der Waals surface area contributed by atoms with Crippen molar-refractivity contribution in [2.24, 2.45) is 0 Å². The molecule has 3 heterocycles. The molecule has 0 saturated carbocycles. The van der Waals surface area contributed by atoms with E-state index in [4.69, 9.17) is 0 Å². The molecule has 9 nitrogen and oxygen atoms in total. The van der Waals surface area contributed by atoms with Crippen molar-refractivity contribution in [2.75, 3.05) is 5.32 Å². The average Bonchev–Trinajstić information content (AvgIpc) is 2.99.